The summed E-state index contributed by atoms with van der Waals surface area (Å²) in [6.45, 7) is -0.108. The predicted molar refractivity (Wildman–Crippen MR) is 77.2 cm³/mol. The number of ether oxygens (including phenoxy) is 1. The van der Waals surface area contributed by atoms with Crippen LogP contribution in [0.2, 0.25) is 0 Å². The van der Waals surface area contributed by atoms with E-state index in [0.717, 1.165) is 0 Å². The third-order valence-electron chi connectivity index (χ3n) is 2.51. The van der Waals surface area contributed by atoms with Gasteiger partial charge in [0.05, 0.1) is 0 Å². The third-order valence-corrected chi connectivity index (χ3v) is 2.73. The molecule has 1 N–H and O–H groups in total. The van der Waals surface area contributed by atoms with Crippen molar-refractivity contribution in [1.29, 1.82) is 0 Å². The number of benzene rings is 2. The molecular formula is C15H12ClNO3. The Balaban J connectivity index is 1.85. The van der Waals surface area contributed by atoms with Crippen LogP contribution in [0.5, 0.6) is 5.75 Å². The molecule has 0 saturated carbocycles. The van der Waals surface area contributed by atoms with Gasteiger partial charge in [-0.1, -0.05) is 18.2 Å². The molecule has 2 aromatic rings. The van der Waals surface area contributed by atoms with Gasteiger partial charge in [0, 0.05) is 11.3 Å². The van der Waals surface area contributed by atoms with Crippen molar-refractivity contribution in [2.45, 2.75) is 0 Å². The Labute approximate surface area is 121 Å². The Morgan fingerprint density at radius 3 is 2.25 bits per heavy atom. The molecule has 0 saturated heterocycles. The standard InChI is InChI=1S/C15H12ClNO3/c16-15(19)11-6-8-13(9-7-11)20-10-14(18)17-12-4-2-1-3-5-12/h1-9H,10H2,(H,17,18). The highest BCUT2D eigenvalue weighted by Crippen LogP contribution is 2.13. The second kappa shape index (κ2) is 6.73. The molecule has 0 aliphatic carbocycles. The van der Waals surface area contributed by atoms with E-state index in [1.54, 1.807) is 36.4 Å². The number of rotatable bonds is 5. The van der Waals surface area contributed by atoms with Crippen LogP contribution in [0.25, 0.3) is 0 Å². The van der Waals surface area contributed by atoms with E-state index < -0.39 is 5.24 Å². The largest absolute Gasteiger partial charge is 0.484 e. The predicted octanol–water partition coefficient (Wildman–Crippen LogP) is 3.08. The SMILES string of the molecule is O=C(COc1ccc(C(=O)Cl)cc1)Nc1ccccc1. The molecule has 2 aromatic carbocycles. The maximum Gasteiger partial charge on any atom is 0.262 e. The van der Waals surface area contributed by atoms with Crippen LogP contribution in [0.1, 0.15) is 10.4 Å². The topological polar surface area (TPSA) is 55.4 Å². The molecule has 0 aromatic heterocycles. The van der Waals surface area contributed by atoms with E-state index in [2.05, 4.69) is 5.32 Å². The minimum Gasteiger partial charge on any atom is -0.484 e. The van der Waals surface area contributed by atoms with Crippen LogP contribution >= 0.6 is 11.6 Å². The normalized spacial score (nSPS) is 9.85. The Morgan fingerprint density at radius 1 is 1.00 bits per heavy atom. The summed E-state index contributed by atoms with van der Waals surface area (Å²) in [5, 5.41) is 2.17. The van der Waals surface area contributed by atoms with Crippen LogP contribution in [0.4, 0.5) is 5.69 Å². The molecule has 0 unspecified atom stereocenters. The molecular weight excluding hydrogens is 278 g/mol. The van der Waals surface area contributed by atoms with E-state index in [1.165, 1.54) is 0 Å². The zero-order chi connectivity index (χ0) is 14.4. The summed E-state index contributed by atoms with van der Waals surface area (Å²) >= 11 is 5.33. The van der Waals surface area contributed by atoms with E-state index in [4.69, 9.17) is 16.3 Å². The molecule has 20 heavy (non-hydrogen) atoms. The monoisotopic (exact) mass is 289 g/mol. The first-order valence-electron chi connectivity index (χ1n) is 5.93. The van der Waals surface area contributed by atoms with Gasteiger partial charge in [0.2, 0.25) is 0 Å². The molecule has 4 nitrogen and oxygen atoms in total. The summed E-state index contributed by atoms with van der Waals surface area (Å²) in [6, 6.07) is 15.4. The number of hydrogen-bond donors (Lipinski definition) is 1. The first-order chi connectivity index (χ1) is 9.65. The molecule has 5 heteroatoms. The summed E-state index contributed by atoms with van der Waals surface area (Å²) in [5.41, 5.74) is 1.09. The van der Waals surface area contributed by atoms with Crippen molar-refractivity contribution in [2.75, 3.05) is 11.9 Å². The number of para-hydroxylation sites is 1. The van der Waals surface area contributed by atoms with Crippen LogP contribution in [0, 0.1) is 0 Å². The number of amides is 1. The number of halogens is 1. The second-order valence-electron chi connectivity index (χ2n) is 4.00. The Kier molecular flexibility index (Phi) is 4.74. The molecule has 0 aliphatic heterocycles. The van der Waals surface area contributed by atoms with Crippen molar-refractivity contribution in [3.63, 3.8) is 0 Å². The summed E-state index contributed by atoms with van der Waals surface area (Å²) in [5.74, 6) is 0.239. The van der Waals surface area contributed by atoms with Gasteiger partial charge in [0.25, 0.3) is 11.1 Å². The summed E-state index contributed by atoms with van der Waals surface area (Å²) in [4.78, 5) is 22.5. The molecule has 0 heterocycles. The van der Waals surface area contributed by atoms with E-state index in [-0.39, 0.29) is 12.5 Å². The van der Waals surface area contributed by atoms with Gasteiger partial charge in [-0.05, 0) is 48.0 Å². The summed E-state index contributed by atoms with van der Waals surface area (Å²) in [7, 11) is 0. The fourth-order valence-corrected chi connectivity index (χ4v) is 1.68. The highest BCUT2D eigenvalue weighted by molar-refractivity contribution is 6.67. The third kappa shape index (κ3) is 4.10. The number of hydrogen-bond acceptors (Lipinski definition) is 3. The highest BCUT2D eigenvalue weighted by atomic mass is 35.5. The molecule has 0 radical (unpaired) electrons. The van der Waals surface area contributed by atoms with Gasteiger partial charge in [0.1, 0.15) is 5.75 Å². The fourth-order valence-electron chi connectivity index (χ4n) is 1.55. The minimum absolute atomic E-state index is 0.108. The molecule has 0 fully saturated rings. The maximum atomic E-state index is 11.6. The first-order valence-corrected chi connectivity index (χ1v) is 6.30. The van der Waals surface area contributed by atoms with Crippen molar-refractivity contribution >= 4 is 28.4 Å². The number of nitrogens with one attached hydrogen (secondary N) is 1. The summed E-state index contributed by atoms with van der Waals surface area (Å²) < 4.78 is 5.31. The van der Waals surface area contributed by atoms with Crippen LogP contribution in [0.15, 0.2) is 54.6 Å². The quantitative estimate of drug-likeness (QED) is 0.861. The van der Waals surface area contributed by atoms with Gasteiger partial charge in [-0.3, -0.25) is 9.59 Å². The molecule has 1 amide bonds. The number of anilines is 1. The van der Waals surface area contributed by atoms with Crippen LogP contribution in [0.3, 0.4) is 0 Å². The molecule has 0 spiro atoms. The molecule has 0 aliphatic rings. The van der Waals surface area contributed by atoms with Crippen molar-refractivity contribution < 1.29 is 14.3 Å². The van der Waals surface area contributed by atoms with Gasteiger partial charge in [-0.25, -0.2) is 0 Å². The lowest BCUT2D eigenvalue weighted by Gasteiger charge is -2.07. The van der Waals surface area contributed by atoms with Crippen molar-refractivity contribution in [2.24, 2.45) is 0 Å². The Hall–Kier alpha value is -2.33. The molecule has 2 rings (SSSR count). The zero-order valence-corrected chi connectivity index (χ0v) is 11.3. The first kappa shape index (κ1) is 14.1. The van der Waals surface area contributed by atoms with Crippen molar-refractivity contribution in [3.8, 4) is 5.75 Å². The Morgan fingerprint density at radius 2 is 1.65 bits per heavy atom. The van der Waals surface area contributed by atoms with Crippen LogP contribution < -0.4 is 10.1 Å². The van der Waals surface area contributed by atoms with E-state index in [9.17, 15) is 9.59 Å². The number of carbonyl (C=O) groups is 2. The Bertz CT molecular complexity index is 596. The second-order valence-corrected chi connectivity index (χ2v) is 4.34. The van der Waals surface area contributed by atoms with Crippen molar-refractivity contribution in [1.82, 2.24) is 0 Å². The smallest absolute Gasteiger partial charge is 0.262 e. The van der Waals surface area contributed by atoms with Crippen LogP contribution in [-0.2, 0) is 4.79 Å². The van der Waals surface area contributed by atoms with Gasteiger partial charge < -0.3 is 10.1 Å². The summed E-state index contributed by atoms with van der Waals surface area (Å²) in [6.07, 6.45) is 0. The van der Waals surface area contributed by atoms with Crippen LogP contribution in [-0.4, -0.2) is 17.8 Å². The average Bonchev–Trinajstić information content (AvgIpc) is 2.46. The fraction of sp³-hybridized carbons (Fsp3) is 0.0667. The zero-order valence-electron chi connectivity index (χ0n) is 10.5. The van der Waals surface area contributed by atoms with E-state index >= 15 is 0 Å². The lowest BCUT2D eigenvalue weighted by molar-refractivity contribution is -0.118. The van der Waals surface area contributed by atoms with Gasteiger partial charge in [0.15, 0.2) is 6.61 Å². The number of carbonyl (C=O) groups excluding carboxylic acids is 2. The lowest BCUT2D eigenvalue weighted by atomic mass is 10.2. The van der Waals surface area contributed by atoms with Gasteiger partial charge >= 0.3 is 0 Å². The lowest BCUT2D eigenvalue weighted by Crippen LogP contribution is -2.20. The molecule has 0 atom stereocenters. The van der Waals surface area contributed by atoms with E-state index in [1.807, 2.05) is 18.2 Å². The van der Waals surface area contributed by atoms with Crippen molar-refractivity contribution in [3.05, 3.63) is 60.2 Å². The van der Waals surface area contributed by atoms with Gasteiger partial charge in [-0.2, -0.15) is 0 Å². The molecule has 0 bridgehead atoms. The minimum atomic E-state index is -0.529. The van der Waals surface area contributed by atoms with E-state index in [0.29, 0.717) is 17.0 Å². The highest BCUT2D eigenvalue weighted by Gasteiger charge is 2.05. The van der Waals surface area contributed by atoms with Gasteiger partial charge in [-0.15, -0.1) is 0 Å². The molecule has 102 valence electrons. The maximum absolute atomic E-state index is 11.6. The average molecular weight is 290 g/mol.